The Morgan fingerprint density at radius 2 is 1.92 bits per heavy atom. The van der Waals surface area contributed by atoms with Crippen molar-refractivity contribution in [2.24, 2.45) is 0 Å². The van der Waals surface area contributed by atoms with Gasteiger partial charge in [-0.05, 0) is 29.8 Å². The number of para-hydroxylation sites is 2. The van der Waals surface area contributed by atoms with Gasteiger partial charge in [0.1, 0.15) is 5.75 Å². The van der Waals surface area contributed by atoms with E-state index in [9.17, 15) is 9.59 Å². The summed E-state index contributed by atoms with van der Waals surface area (Å²) in [5, 5.41) is 0.0173. The number of halogens is 1. The smallest absolute Gasteiger partial charge is 0.228 e. The van der Waals surface area contributed by atoms with Crippen molar-refractivity contribution in [3.63, 3.8) is 0 Å². The number of rotatable bonds is 7. The predicted octanol–water partition coefficient (Wildman–Crippen LogP) is 4.66. The molecule has 2 aromatic carbocycles. The molecule has 2 aromatic rings. The summed E-state index contributed by atoms with van der Waals surface area (Å²) in [4.78, 5) is 25.6. The average Bonchev–Trinajstić information content (AvgIpc) is 2.59. The SMILES string of the molecule is COc1ccccc1N(Cc1cccc(Br)c1)C(=O)CCSC(C)=O. The summed E-state index contributed by atoms with van der Waals surface area (Å²) >= 11 is 4.63. The average molecular weight is 422 g/mol. The van der Waals surface area contributed by atoms with E-state index in [0.717, 1.165) is 15.7 Å². The number of benzene rings is 2. The Morgan fingerprint density at radius 3 is 2.60 bits per heavy atom. The van der Waals surface area contributed by atoms with Crippen LogP contribution in [0.3, 0.4) is 0 Å². The molecule has 4 nitrogen and oxygen atoms in total. The summed E-state index contributed by atoms with van der Waals surface area (Å²) in [6, 6.07) is 15.3. The van der Waals surface area contributed by atoms with Crippen LogP contribution in [0.5, 0.6) is 5.75 Å². The Hall–Kier alpha value is -1.79. The first-order valence-electron chi connectivity index (χ1n) is 7.82. The molecule has 0 aromatic heterocycles. The quantitative estimate of drug-likeness (QED) is 0.651. The van der Waals surface area contributed by atoms with Crippen LogP contribution in [-0.2, 0) is 16.1 Å². The number of nitrogens with zero attached hydrogens (tertiary/aromatic N) is 1. The number of thioether (sulfide) groups is 1. The number of methoxy groups -OCH3 is 1. The number of hydrogen-bond donors (Lipinski definition) is 0. The molecule has 0 N–H and O–H groups in total. The van der Waals surface area contributed by atoms with Gasteiger partial charge in [0.25, 0.3) is 0 Å². The lowest BCUT2D eigenvalue weighted by atomic mass is 10.1. The molecule has 0 aliphatic heterocycles. The zero-order chi connectivity index (χ0) is 18.2. The van der Waals surface area contributed by atoms with E-state index in [4.69, 9.17) is 4.74 Å². The third kappa shape index (κ3) is 5.90. The molecule has 0 saturated carbocycles. The number of carbonyl (C=O) groups excluding carboxylic acids is 2. The molecule has 0 bridgehead atoms. The number of ether oxygens (including phenoxy) is 1. The first-order chi connectivity index (χ1) is 12.0. The van der Waals surface area contributed by atoms with Crippen molar-refractivity contribution in [3.05, 3.63) is 58.6 Å². The van der Waals surface area contributed by atoms with Crippen LogP contribution < -0.4 is 9.64 Å². The fourth-order valence-corrected chi connectivity index (χ4v) is 3.41. The van der Waals surface area contributed by atoms with Crippen LogP contribution in [0, 0.1) is 0 Å². The van der Waals surface area contributed by atoms with Gasteiger partial charge in [-0.3, -0.25) is 9.59 Å². The zero-order valence-electron chi connectivity index (χ0n) is 14.2. The highest BCUT2D eigenvalue weighted by Gasteiger charge is 2.19. The van der Waals surface area contributed by atoms with E-state index in [1.807, 2.05) is 48.5 Å². The van der Waals surface area contributed by atoms with Crippen molar-refractivity contribution in [2.45, 2.75) is 19.9 Å². The Bertz CT molecular complexity index is 751. The largest absolute Gasteiger partial charge is 0.495 e. The van der Waals surface area contributed by atoms with E-state index in [-0.39, 0.29) is 17.4 Å². The van der Waals surface area contributed by atoms with Gasteiger partial charge in [-0.1, -0.05) is 52.0 Å². The van der Waals surface area contributed by atoms with Crippen molar-refractivity contribution in [1.82, 2.24) is 0 Å². The molecule has 132 valence electrons. The van der Waals surface area contributed by atoms with Gasteiger partial charge in [0.05, 0.1) is 19.3 Å². The van der Waals surface area contributed by atoms with Gasteiger partial charge < -0.3 is 9.64 Å². The van der Waals surface area contributed by atoms with Crippen LogP contribution in [0.1, 0.15) is 18.9 Å². The molecular formula is C19H20BrNO3S. The van der Waals surface area contributed by atoms with Crippen LogP contribution in [0.15, 0.2) is 53.0 Å². The van der Waals surface area contributed by atoms with Crippen LogP contribution in [0.25, 0.3) is 0 Å². The summed E-state index contributed by atoms with van der Waals surface area (Å²) < 4.78 is 6.38. The molecule has 0 atom stereocenters. The lowest BCUT2D eigenvalue weighted by Gasteiger charge is -2.25. The molecule has 0 aliphatic carbocycles. The highest BCUT2D eigenvalue weighted by Crippen LogP contribution is 2.30. The van der Waals surface area contributed by atoms with Gasteiger partial charge in [0.15, 0.2) is 5.12 Å². The molecule has 0 fully saturated rings. The van der Waals surface area contributed by atoms with E-state index < -0.39 is 0 Å². The first-order valence-corrected chi connectivity index (χ1v) is 9.60. The fraction of sp³-hybridized carbons (Fsp3) is 0.263. The van der Waals surface area contributed by atoms with Crippen molar-refractivity contribution in [1.29, 1.82) is 0 Å². The van der Waals surface area contributed by atoms with Crippen LogP contribution in [0.2, 0.25) is 0 Å². The second-order valence-electron chi connectivity index (χ2n) is 5.37. The molecule has 25 heavy (non-hydrogen) atoms. The minimum Gasteiger partial charge on any atom is -0.495 e. The second kappa shape index (κ2) is 9.63. The summed E-state index contributed by atoms with van der Waals surface area (Å²) in [5.41, 5.74) is 1.73. The van der Waals surface area contributed by atoms with Crippen LogP contribution >= 0.6 is 27.7 Å². The first kappa shape index (κ1) is 19.5. The van der Waals surface area contributed by atoms with Gasteiger partial charge in [0.2, 0.25) is 5.91 Å². The normalized spacial score (nSPS) is 10.4. The highest BCUT2D eigenvalue weighted by atomic mass is 79.9. The molecule has 6 heteroatoms. The van der Waals surface area contributed by atoms with Gasteiger partial charge in [-0.25, -0.2) is 0 Å². The maximum atomic E-state index is 12.8. The van der Waals surface area contributed by atoms with Gasteiger partial charge in [0, 0.05) is 23.6 Å². The number of carbonyl (C=O) groups is 2. The fourth-order valence-electron chi connectivity index (χ4n) is 2.40. The summed E-state index contributed by atoms with van der Waals surface area (Å²) in [5.74, 6) is 1.07. The minimum absolute atomic E-state index is 0.0173. The molecule has 0 radical (unpaired) electrons. The Balaban J connectivity index is 2.27. The number of anilines is 1. The standard InChI is InChI=1S/C19H20BrNO3S/c1-14(22)25-11-10-19(23)21(13-15-6-5-7-16(20)12-15)17-8-3-4-9-18(17)24-2/h3-9,12H,10-11,13H2,1-2H3. The summed E-state index contributed by atoms with van der Waals surface area (Å²) in [6.45, 7) is 1.94. The molecule has 0 unspecified atom stereocenters. The summed E-state index contributed by atoms with van der Waals surface area (Å²) in [7, 11) is 1.59. The molecule has 0 heterocycles. The molecular weight excluding hydrogens is 402 g/mol. The van der Waals surface area contributed by atoms with Gasteiger partial charge in [-0.15, -0.1) is 0 Å². The maximum absolute atomic E-state index is 12.8. The molecule has 0 saturated heterocycles. The summed E-state index contributed by atoms with van der Waals surface area (Å²) in [6.07, 6.45) is 0.288. The third-order valence-electron chi connectivity index (χ3n) is 3.53. The predicted molar refractivity (Wildman–Crippen MR) is 106 cm³/mol. The minimum atomic E-state index is -0.0433. The Labute approximate surface area is 160 Å². The van der Waals surface area contributed by atoms with E-state index >= 15 is 0 Å². The van der Waals surface area contributed by atoms with Crippen LogP contribution in [0.4, 0.5) is 5.69 Å². The maximum Gasteiger partial charge on any atom is 0.228 e. The van der Waals surface area contributed by atoms with Crippen molar-refractivity contribution in [3.8, 4) is 5.75 Å². The van der Waals surface area contributed by atoms with Crippen molar-refractivity contribution in [2.75, 3.05) is 17.8 Å². The number of hydrogen-bond acceptors (Lipinski definition) is 4. The van der Waals surface area contributed by atoms with Crippen LogP contribution in [-0.4, -0.2) is 23.9 Å². The van der Waals surface area contributed by atoms with Gasteiger partial charge >= 0.3 is 0 Å². The Morgan fingerprint density at radius 1 is 1.16 bits per heavy atom. The lowest BCUT2D eigenvalue weighted by molar-refractivity contribution is -0.118. The highest BCUT2D eigenvalue weighted by molar-refractivity contribution is 9.10. The second-order valence-corrected chi connectivity index (χ2v) is 7.56. The lowest BCUT2D eigenvalue weighted by Crippen LogP contribution is -2.31. The van der Waals surface area contributed by atoms with Gasteiger partial charge in [-0.2, -0.15) is 0 Å². The molecule has 1 amide bonds. The topological polar surface area (TPSA) is 46.6 Å². The zero-order valence-corrected chi connectivity index (χ0v) is 16.6. The monoisotopic (exact) mass is 421 g/mol. The third-order valence-corrected chi connectivity index (χ3v) is 4.84. The molecule has 0 spiro atoms. The Kier molecular flexibility index (Phi) is 7.52. The van der Waals surface area contributed by atoms with E-state index in [1.54, 1.807) is 12.0 Å². The number of amides is 1. The van der Waals surface area contributed by atoms with Crippen molar-refractivity contribution < 1.29 is 14.3 Å². The van der Waals surface area contributed by atoms with E-state index in [0.29, 0.717) is 18.0 Å². The van der Waals surface area contributed by atoms with E-state index in [1.165, 1.54) is 18.7 Å². The van der Waals surface area contributed by atoms with Crippen molar-refractivity contribution >= 4 is 44.4 Å². The molecule has 0 aliphatic rings. The molecule has 2 rings (SSSR count). The van der Waals surface area contributed by atoms with E-state index in [2.05, 4.69) is 15.9 Å².